The van der Waals surface area contributed by atoms with Gasteiger partial charge in [-0.05, 0) is 72.7 Å². The number of hydrogen-bond donors (Lipinski definition) is 4. The SMILES string of the molecule is C=C(CN[C@H](C)CC1(c2nn[nH]n2)c2ccc(C(N)=O)cc2-c2cc(C(N)=O)ccc21)N1CCCC1C#N. The zero-order valence-electron chi connectivity index (χ0n) is 21.1. The number of benzene rings is 2. The largest absolute Gasteiger partial charge is 0.366 e. The van der Waals surface area contributed by atoms with Gasteiger partial charge in [-0.15, -0.1) is 10.2 Å². The van der Waals surface area contributed by atoms with Crippen molar-refractivity contribution in [3.63, 3.8) is 0 Å². The van der Waals surface area contributed by atoms with E-state index in [1.54, 1.807) is 24.3 Å². The summed E-state index contributed by atoms with van der Waals surface area (Å²) in [4.78, 5) is 26.1. The summed E-state index contributed by atoms with van der Waals surface area (Å²) in [5.41, 5.74) is 15.2. The minimum Gasteiger partial charge on any atom is -0.366 e. The quantitative estimate of drug-likeness (QED) is 0.334. The second-order valence-electron chi connectivity index (χ2n) is 9.92. The van der Waals surface area contributed by atoms with E-state index in [1.165, 1.54) is 0 Å². The number of amides is 2. The number of nitrogens with two attached hydrogens (primary N) is 2. The molecule has 1 aliphatic carbocycles. The monoisotopic (exact) mass is 511 g/mol. The van der Waals surface area contributed by atoms with Crippen LogP contribution in [0.1, 0.15) is 63.9 Å². The van der Waals surface area contributed by atoms with Gasteiger partial charge in [-0.25, -0.2) is 0 Å². The molecule has 0 bridgehead atoms. The Labute approximate surface area is 219 Å². The van der Waals surface area contributed by atoms with Gasteiger partial charge in [-0.2, -0.15) is 10.5 Å². The number of nitrogens with one attached hydrogen (secondary N) is 2. The van der Waals surface area contributed by atoms with Gasteiger partial charge in [0.2, 0.25) is 11.8 Å². The van der Waals surface area contributed by atoms with Crippen LogP contribution in [0.5, 0.6) is 0 Å². The van der Waals surface area contributed by atoms with Gasteiger partial charge in [-0.3, -0.25) is 9.59 Å². The lowest BCUT2D eigenvalue weighted by Gasteiger charge is -2.33. The molecule has 1 saturated heterocycles. The van der Waals surface area contributed by atoms with E-state index in [0.29, 0.717) is 29.9 Å². The summed E-state index contributed by atoms with van der Waals surface area (Å²) in [6.07, 6.45) is 2.36. The lowest BCUT2D eigenvalue weighted by atomic mass is 9.72. The van der Waals surface area contributed by atoms with Crippen LogP contribution in [0, 0.1) is 11.3 Å². The van der Waals surface area contributed by atoms with Crippen molar-refractivity contribution in [2.24, 2.45) is 11.5 Å². The van der Waals surface area contributed by atoms with E-state index in [-0.39, 0.29) is 12.1 Å². The number of nitrogens with zero attached hydrogens (tertiary/aromatic N) is 5. The standard InChI is InChI=1S/C27H29N9O2/c1-15(31-14-16(2)36-9-3-4-19(36)13-28)12-27(26-32-34-35-33-26)22-7-5-17(24(29)37)10-20(22)21-11-18(25(30)38)6-8-23(21)27/h5-8,10-11,15,19,31H,2-4,9,12,14H2,1H3,(H2,29,37)(H2,30,38)(H,32,33,34,35)/t15-,19?/m1/s1. The fourth-order valence-electron chi connectivity index (χ4n) is 5.83. The van der Waals surface area contributed by atoms with Gasteiger partial charge in [-0.1, -0.05) is 23.9 Å². The molecular formula is C27H29N9O2. The molecule has 5 rings (SSSR count). The maximum absolute atomic E-state index is 12.0. The molecule has 2 heterocycles. The van der Waals surface area contributed by atoms with Gasteiger partial charge in [0.25, 0.3) is 0 Å². The molecule has 2 aliphatic rings. The van der Waals surface area contributed by atoms with Crippen molar-refractivity contribution in [3.8, 4) is 17.2 Å². The van der Waals surface area contributed by atoms with Crippen molar-refractivity contribution in [2.75, 3.05) is 13.1 Å². The third-order valence-corrected chi connectivity index (χ3v) is 7.62. The molecule has 38 heavy (non-hydrogen) atoms. The van der Waals surface area contributed by atoms with Gasteiger partial charge in [0.05, 0.1) is 11.5 Å². The molecule has 11 heteroatoms. The zero-order valence-corrected chi connectivity index (χ0v) is 21.1. The number of aromatic nitrogens is 4. The van der Waals surface area contributed by atoms with E-state index in [9.17, 15) is 14.9 Å². The number of carbonyl (C=O) groups is 2. The zero-order chi connectivity index (χ0) is 27.0. The summed E-state index contributed by atoms with van der Waals surface area (Å²) in [6.45, 7) is 7.62. The number of rotatable bonds is 9. The molecule has 1 aliphatic heterocycles. The minimum atomic E-state index is -0.833. The van der Waals surface area contributed by atoms with Crippen LogP contribution in [0.4, 0.5) is 0 Å². The lowest BCUT2D eigenvalue weighted by molar-refractivity contribution is 0.0991. The minimum absolute atomic E-state index is 0.0566. The maximum atomic E-state index is 12.0. The number of aromatic amines is 1. The van der Waals surface area contributed by atoms with Crippen LogP contribution in [0.2, 0.25) is 0 Å². The van der Waals surface area contributed by atoms with Crippen molar-refractivity contribution in [1.29, 1.82) is 5.26 Å². The van der Waals surface area contributed by atoms with E-state index in [4.69, 9.17) is 11.5 Å². The van der Waals surface area contributed by atoms with Crippen molar-refractivity contribution in [2.45, 2.75) is 43.7 Å². The number of carbonyl (C=O) groups excluding carboxylic acids is 2. The fraction of sp³-hybridized carbons (Fsp3) is 0.333. The fourth-order valence-corrected chi connectivity index (χ4v) is 5.83. The average Bonchev–Trinajstić information content (AvgIpc) is 3.66. The van der Waals surface area contributed by atoms with Crippen LogP contribution in [0.3, 0.4) is 0 Å². The number of primary amides is 2. The van der Waals surface area contributed by atoms with Gasteiger partial charge in [0, 0.05) is 36.0 Å². The molecule has 6 N–H and O–H groups in total. The molecule has 194 valence electrons. The molecule has 1 unspecified atom stereocenters. The molecule has 0 spiro atoms. The third kappa shape index (κ3) is 4.09. The smallest absolute Gasteiger partial charge is 0.248 e. The molecule has 1 aromatic heterocycles. The van der Waals surface area contributed by atoms with Crippen molar-refractivity contribution in [1.82, 2.24) is 30.8 Å². The van der Waals surface area contributed by atoms with E-state index < -0.39 is 17.2 Å². The van der Waals surface area contributed by atoms with E-state index >= 15 is 0 Å². The summed E-state index contributed by atoms with van der Waals surface area (Å²) in [7, 11) is 0. The maximum Gasteiger partial charge on any atom is 0.248 e. The molecule has 2 aromatic carbocycles. The van der Waals surface area contributed by atoms with E-state index in [1.807, 2.05) is 12.1 Å². The Kier molecular flexibility index (Phi) is 6.42. The predicted octanol–water partition coefficient (Wildman–Crippen LogP) is 1.58. The van der Waals surface area contributed by atoms with Crippen LogP contribution in [0.15, 0.2) is 48.7 Å². The van der Waals surface area contributed by atoms with Gasteiger partial charge in [0.15, 0.2) is 5.82 Å². The van der Waals surface area contributed by atoms with Gasteiger partial charge in [0.1, 0.15) is 6.04 Å². The normalized spacial score (nSPS) is 17.9. The Hall–Kier alpha value is -4.56. The number of H-pyrrole nitrogens is 1. The number of nitriles is 1. The first-order chi connectivity index (χ1) is 18.3. The molecule has 3 aromatic rings. The Morgan fingerprint density at radius 1 is 1.21 bits per heavy atom. The highest BCUT2D eigenvalue weighted by Crippen LogP contribution is 2.54. The van der Waals surface area contributed by atoms with Crippen LogP contribution < -0.4 is 16.8 Å². The molecule has 2 amide bonds. The van der Waals surface area contributed by atoms with Crippen LogP contribution in [-0.2, 0) is 5.41 Å². The summed E-state index contributed by atoms with van der Waals surface area (Å²) >= 11 is 0. The Morgan fingerprint density at radius 2 is 1.84 bits per heavy atom. The van der Waals surface area contributed by atoms with Crippen molar-refractivity contribution < 1.29 is 9.59 Å². The molecular weight excluding hydrogens is 482 g/mol. The highest BCUT2D eigenvalue weighted by Gasteiger charge is 2.49. The van der Waals surface area contributed by atoms with Crippen LogP contribution in [-0.4, -0.2) is 62.5 Å². The van der Waals surface area contributed by atoms with Gasteiger partial charge < -0.3 is 21.7 Å². The van der Waals surface area contributed by atoms with Crippen LogP contribution >= 0.6 is 0 Å². The molecule has 0 saturated carbocycles. The summed E-state index contributed by atoms with van der Waals surface area (Å²) in [5.74, 6) is -0.639. The number of tetrazole rings is 1. The van der Waals surface area contributed by atoms with E-state index in [0.717, 1.165) is 47.3 Å². The average molecular weight is 512 g/mol. The van der Waals surface area contributed by atoms with Crippen molar-refractivity contribution in [3.05, 3.63) is 76.8 Å². The first-order valence-electron chi connectivity index (χ1n) is 12.5. The van der Waals surface area contributed by atoms with Gasteiger partial charge >= 0.3 is 0 Å². The van der Waals surface area contributed by atoms with E-state index in [2.05, 4.69) is 50.4 Å². The first-order valence-corrected chi connectivity index (χ1v) is 12.5. The highest BCUT2D eigenvalue weighted by atomic mass is 16.1. The van der Waals surface area contributed by atoms with Crippen molar-refractivity contribution >= 4 is 11.8 Å². The molecule has 11 nitrogen and oxygen atoms in total. The first kappa shape index (κ1) is 25.1. The summed E-state index contributed by atoms with van der Waals surface area (Å²) in [5, 5.41) is 28.2. The topological polar surface area (TPSA) is 180 Å². The molecule has 1 fully saturated rings. The molecule has 2 atom stereocenters. The second kappa shape index (κ2) is 9.72. The summed E-state index contributed by atoms with van der Waals surface area (Å²) < 4.78 is 0. The Balaban J connectivity index is 1.55. The Bertz CT molecular complexity index is 1390. The number of likely N-dealkylation sites (tertiary alicyclic amines) is 1. The second-order valence-corrected chi connectivity index (χ2v) is 9.92. The number of hydrogen-bond acceptors (Lipinski definition) is 8. The molecule has 0 radical (unpaired) electrons. The van der Waals surface area contributed by atoms with Crippen LogP contribution in [0.25, 0.3) is 11.1 Å². The predicted molar refractivity (Wildman–Crippen MR) is 140 cm³/mol. The third-order valence-electron chi connectivity index (χ3n) is 7.62. The Morgan fingerprint density at radius 3 is 2.37 bits per heavy atom. The number of fused-ring (bicyclic) bond motifs is 3. The summed E-state index contributed by atoms with van der Waals surface area (Å²) in [6, 6.07) is 12.7. The lowest BCUT2D eigenvalue weighted by Crippen LogP contribution is -2.41. The highest BCUT2D eigenvalue weighted by molar-refractivity contribution is 5.98.